The summed E-state index contributed by atoms with van der Waals surface area (Å²) in [6.45, 7) is 13.7. The third-order valence-electron chi connectivity index (χ3n) is 4.01. The first-order valence-electron chi connectivity index (χ1n) is 7.48. The summed E-state index contributed by atoms with van der Waals surface area (Å²) < 4.78 is 13.1. The Bertz CT molecular complexity index is 293. The van der Waals surface area contributed by atoms with E-state index >= 15 is 0 Å². The summed E-state index contributed by atoms with van der Waals surface area (Å²) in [6.07, 6.45) is 7.94. The van der Waals surface area contributed by atoms with Gasteiger partial charge in [0.05, 0.1) is 0 Å². The van der Waals surface area contributed by atoms with Crippen molar-refractivity contribution in [1.29, 1.82) is 0 Å². The van der Waals surface area contributed by atoms with Crippen LogP contribution in [0, 0.1) is 5.41 Å². The van der Waals surface area contributed by atoms with Crippen LogP contribution >= 0.6 is 0 Å². The van der Waals surface area contributed by atoms with Crippen LogP contribution in [0.25, 0.3) is 0 Å². The monoisotopic (exact) mass is 286 g/mol. The maximum Gasteiger partial charge on any atom is 0.187 e. The Morgan fingerprint density at radius 3 is 1.56 bits per heavy atom. The highest BCUT2D eigenvalue weighted by molar-refractivity contribution is 6.71. The number of rotatable bonds is 4. The van der Waals surface area contributed by atoms with Gasteiger partial charge in [0.2, 0.25) is 0 Å². The van der Waals surface area contributed by atoms with Gasteiger partial charge in [0.25, 0.3) is 0 Å². The van der Waals surface area contributed by atoms with Gasteiger partial charge in [-0.25, -0.2) is 0 Å². The highest BCUT2D eigenvalue weighted by Gasteiger charge is 2.71. The summed E-state index contributed by atoms with van der Waals surface area (Å²) in [4.78, 5) is 0. The molecule has 2 fully saturated rings. The number of hydrogen-bond acceptors (Lipinski definition) is 2. The highest BCUT2D eigenvalue weighted by Crippen LogP contribution is 2.68. The van der Waals surface area contributed by atoms with E-state index in [1.807, 2.05) is 0 Å². The summed E-state index contributed by atoms with van der Waals surface area (Å²) in [5.74, 6) is -0.192. The van der Waals surface area contributed by atoms with Gasteiger partial charge >= 0.3 is 0 Å². The third kappa shape index (κ3) is 3.08. The summed E-state index contributed by atoms with van der Waals surface area (Å²) in [6, 6.07) is 0. The molecule has 1 spiro atoms. The molecule has 0 saturated heterocycles. The van der Waals surface area contributed by atoms with E-state index in [1.165, 1.54) is 32.1 Å². The molecule has 0 bridgehead atoms. The average molecular weight is 287 g/mol. The van der Waals surface area contributed by atoms with Crippen molar-refractivity contribution in [1.82, 2.24) is 0 Å². The zero-order valence-electron chi connectivity index (χ0n) is 13.1. The molecule has 0 radical (unpaired) electrons. The maximum atomic E-state index is 6.56. The molecular formula is C14H30O2Si2. The summed E-state index contributed by atoms with van der Waals surface area (Å²) in [7, 11) is -3.09. The Hall–Kier alpha value is 0.354. The predicted octanol–water partition coefficient (Wildman–Crippen LogP) is 4.74. The van der Waals surface area contributed by atoms with Gasteiger partial charge in [-0.3, -0.25) is 0 Å². The average Bonchev–Trinajstić information content (AvgIpc) is 2.65. The molecule has 2 rings (SSSR count). The Labute approximate surface area is 115 Å². The highest BCUT2D eigenvalue weighted by atomic mass is 28.4. The lowest BCUT2D eigenvalue weighted by molar-refractivity contribution is -0.0787. The van der Waals surface area contributed by atoms with E-state index in [9.17, 15) is 0 Å². The van der Waals surface area contributed by atoms with Gasteiger partial charge in [-0.05, 0) is 52.1 Å². The first-order chi connectivity index (χ1) is 8.08. The van der Waals surface area contributed by atoms with Crippen molar-refractivity contribution >= 4 is 16.6 Å². The second-order valence-corrected chi connectivity index (χ2v) is 17.1. The van der Waals surface area contributed by atoms with E-state index in [0.717, 1.165) is 6.42 Å². The Morgan fingerprint density at radius 2 is 1.17 bits per heavy atom. The smallest absolute Gasteiger partial charge is 0.187 e. The Kier molecular flexibility index (Phi) is 3.63. The SMILES string of the molecule is C[Si](C)(C)OC1(O[Si](C)(C)C)CC12CCCCC2. The van der Waals surface area contributed by atoms with Crippen LogP contribution in [0.3, 0.4) is 0 Å². The molecule has 0 heterocycles. The second-order valence-electron chi connectivity index (χ2n) is 8.20. The first kappa shape index (κ1) is 14.8. The van der Waals surface area contributed by atoms with E-state index in [4.69, 9.17) is 8.85 Å². The summed E-state index contributed by atoms with van der Waals surface area (Å²) in [5, 5.41) is 0. The molecule has 0 N–H and O–H groups in total. The second kappa shape index (κ2) is 4.43. The van der Waals surface area contributed by atoms with Crippen LogP contribution in [-0.4, -0.2) is 22.4 Å². The van der Waals surface area contributed by atoms with Crippen molar-refractivity contribution in [3.05, 3.63) is 0 Å². The molecule has 4 heteroatoms. The van der Waals surface area contributed by atoms with Crippen LogP contribution in [0.2, 0.25) is 39.3 Å². The van der Waals surface area contributed by atoms with Gasteiger partial charge in [0.1, 0.15) is 0 Å². The van der Waals surface area contributed by atoms with E-state index in [-0.39, 0.29) is 5.79 Å². The largest absolute Gasteiger partial charge is 0.391 e. The van der Waals surface area contributed by atoms with Crippen LogP contribution in [0.1, 0.15) is 38.5 Å². The summed E-state index contributed by atoms with van der Waals surface area (Å²) in [5.41, 5.74) is 0.381. The molecule has 2 aliphatic rings. The van der Waals surface area contributed by atoms with E-state index in [1.54, 1.807) is 0 Å². The quantitative estimate of drug-likeness (QED) is 0.549. The minimum Gasteiger partial charge on any atom is -0.391 e. The zero-order chi connectivity index (χ0) is 13.7. The predicted molar refractivity (Wildman–Crippen MR) is 81.7 cm³/mol. The Morgan fingerprint density at radius 1 is 0.722 bits per heavy atom. The molecule has 0 aliphatic heterocycles. The van der Waals surface area contributed by atoms with Crippen molar-refractivity contribution < 1.29 is 8.85 Å². The summed E-state index contributed by atoms with van der Waals surface area (Å²) >= 11 is 0. The standard InChI is InChI=1S/C14H30O2Si2/c1-17(2,3)15-14(16-18(4,5)6)12-13(14)10-8-7-9-11-13/h7-12H2,1-6H3. The van der Waals surface area contributed by atoms with E-state index in [0.29, 0.717) is 5.41 Å². The molecule has 106 valence electrons. The molecule has 0 atom stereocenters. The lowest BCUT2D eigenvalue weighted by atomic mass is 9.85. The zero-order valence-corrected chi connectivity index (χ0v) is 15.1. The maximum absolute atomic E-state index is 6.56. The molecule has 0 aromatic carbocycles. The molecule has 18 heavy (non-hydrogen) atoms. The van der Waals surface area contributed by atoms with Crippen LogP contribution in [0.15, 0.2) is 0 Å². The van der Waals surface area contributed by atoms with Gasteiger partial charge in [-0.1, -0.05) is 19.3 Å². The molecule has 0 amide bonds. The van der Waals surface area contributed by atoms with Crippen LogP contribution in [0.5, 0.6) is 0 Å². The minimum atomic E-state index is -1.54. The first-order valence-corrected chi connectivity index (χ1v) is 14.3. The molecule has 2 nitrogen and oxygen atoms in total. The third-order valence-corrected chi connectivity index (χ3v) is 5.89. The molecule has 2 aliphatic carbocycles. The van der Waals surface area contributed by atoms with Crippen LogP contribution in [-0.2, 0) is 8.85 Å². The fraction of sp³-hybridized carbons (Fsp3) is 1.00. The van der Waals surface area contributed by atoms with Crippen LogP contribution in [0.4, 0.5) is 0 Å². The van der Waals surface area contributed by atoms with Gasteiger partial charge in [0.15, 0.2) is 22.4 Å². The minimum absolute atomic E-state index is 0.192. The van der Waals surface area contributed by atoms with Crippen molar-refractivity contribution in [2.45, 2.75) is 83.6 Å². The lowest BCUT2D eigenvalue weighted by Gasteiger charge is -2.37. The molecular weight excluding hydrogens is 256 g/mol. The number of hydrogen-bond donors (Lipinski definition) is 0. The van der Waals surface area contributed by atoms with E-state index in [2.05, 4.69) is 39.3 Å². The molecule has 0 aromatic rings. The van der Waals surface area contributed by atoms with Gasteiger partial charge < -0.3 is 8.85 Å². The van der Waals surface area contributed by atoms with Gasteiger partial charge in [-0.15, -0.1) is 0 Å². The van der Waals surface area contributed by atoms with Crippen molar-refractivity contribution in [2.75, 3.05) is 0 Å². The fourth-order valence-corrected chi connectivity index (χ4v) is 6.21. The normalized spacial score (nSPS) is 26.3. The van der Waals surface area contributed by atoms with Gasteiger partial charge in [-0.2, -0.15) is 0 Å². The Balaban J connectivity index is 2.16. The van der Waals surface area contributed by atoms with Crippen LogP contribution < -0.4 is 0 Å². The lowest BCUT2D eigenvalue weighted by Crippen LogP contribution is -2.45. The van der Waals surface area contributed by atoms with E-state index < -0.39 is 16.6 Å². The van der Waals surface area contributed by atoms with Crippen molar-refractivity contribution in [2.24, 2.45) is 5.41 Å². The fourth-order valence-electron chi connectivity index (χ4n) is 3.49. The van der Waals surface area contributed by atoms with Gasteiger partial charge in [0, 0.05) is 11.8 Å². The molecule has 2 saturated carbocycles. The molecule has 0 unspecified atom stereocenters. The molecule has 0 aromatic heterocycles. The van der Waals surface area contributed by atoms with Crippen molar-refractivity contribution in [3.8, 4) is 0 Å². The van der Waals surface area contributed by atoms with Crippen molar-refractivity contribution in [3.63, 3.8) is 0 Å². The topological polar surface area (TPSA) is 18.5 Å².